The van der Waals surface area contributed by atoms with Crippen LogP contribution in [0.25, 0.3) is 11.4 Å². The summed E-state index contributed by atoms with van der Waals surface area (Å²) in [6.07, 6.45) is 0. The summed E-state index contributed by atoms with van der Waals surface area (Å²) in [6, 6.07) is 9.26. The van der Waals surface area contributed by atoms with Crippen LogP contribution in [0, 0.1) is 0 Å². The fourth-order valence-electron chi connectivity index (χ4n) is 1.69. The van der Waals surface area contributed by atoms with Crippen molar-refractivity contribution in [1.82, 2.24) is 9.97 Å². The monoisotopic (exact) mass is 243 g/mol. The number of ether oxygens (including phenoxy) is 2. The smallest absolute Gasteiger partial charge is 0.271 e. The molecule has 0 fully saturated rings. The summed E-state index contributed by atoms with van der Waals surface area (Å²) in [5.74, 6) is 0.171. The molecule has 1 amide bonds. The summed E-state index contributed by atoms with van der Waals surface area (Å²) in [7, 11) is 0. The number of carbonyl (C=O) groups excluding carboxylic acids is 1. The van der Waals surface area contributed by atoms with Crippen molar-refractivity contribution >= 4 is 5.91 Å². The molecule has 3 rings (SSSR count). The Morgan fingerprint density at radius 2 is 1.94 bits per heavy atom. The Labute approximate surface area is 102 Å². The number of amides is 1. The highest BCUT2D eigenvalue weighted by Crippen LogP contribution is 2.34. The average Bonchev–Trinajstić information content (AvgIpc) is 2.86. The molecule has 1 aromatic heterocycles. The molecule has 0 radical (unpaired) electrons. The number of hydrogen-bond donors (Lipinski definition) is 1. The van der Waals surface area contributed by atoms with Crippen molar-refractivity contribution in [3.05, 3.63) is 36.0 Å². The van der Waals surface area contributed by atoms with E-state index in [0.717, 1.165) is 5.56 Å². The number of hydrogen-bond acceptors (Lipinski definition) is 5. The van der Waals surface area contributed by atoms with Gasteiger partial charge >= 0.3 is 0 Å². The minimum Gasteiger partial charge on any atom is -0.449 e. The van der Waals surface area contributed by atoms with Crippen LogP contribution in [0.1, 0.15) is 10.5 Å². The molecule has 1 aliphatic rings. The van der Waals surface area contributed by atoms with Crippen LogP contribution in [0.15, 0.2) is 30.3 Å². The van der Waals surface area contributed by atoms with Crippen molar-refractivity contribution in [2.45, 2.75) is 0 Å². The fourth-order valence-corrected chi connectivity index (χ4v) is 1.69. The van der Waals surface area contributed by atoms with Crippen LogP contribution in [0.4, 0.5) is 0 Å². The maximum atomic E-state index is 11.3. The third-order valence-electron chi connectivity index (χ3n) is 2.50. The number of carbonyl (C=O) groups is 1. The molecular formula is C12H9N3O3. The second-order valence-electron chi connectivity index (χ2n) is 3.67. The Bertz CT molecular complexity index is 613. The Balaban J connectivity index is 2.18. The van der Waals surface area contributed by atoms with Crippen molar-refractivity contribution in [2.24, 2.45) is 5.73 Å². The van der Waals surface area contributed by atoms with E-state index in [4.69, 9.17) is 15.2 Å². The quantitative estimate of drug-likeness (QED) is 0.849. The third kappa shape index (κ3) is 1.64. The second-order valence-corrected chi connectivity index (χ2v) is 3.67. The summed E-state index contributed by atoms with van der Waals surface area (Å²) < 4.78 is 10.3. The zero-order valence-electron chi connectivity index (χ0n) is 9.29. The van der Waals surface area contributed by atoms with Gasteiger partial charge in [-0.05, 0) is 0 Å². The zero-order valence-corrected chi connectivity index (χ0v) is 9.29. The van der Waals surface area contributed by atoms with Crippen LogP contribution < -0.4 is 15.2 Å². The number of primary amides is 1. The van der Waals surface area contributed by atoms with Crippen LogP contribution in [0.2, 0.25) is 0 Å². The number of aromatic nitrogens is 2. The maximum absolute atomic E-state index is 11.3. The van der Waals surface area contributed by atoms with Gasteiger partial charge in [0.2, 0.25) is 12.5 Å². The van der Waals surface area contributed by atoms with E-state index in [1.165, 1.54) is 0 Å². The predicted molar refractivity (Wildman–Crippen MR) is 62.1 cm³/mol. The van der Waals surface area contributed by atoms with Gasteiger partial charge in [-0.1, -0.05) is 30.3 Å². The second kappa shape index (κ2) is 3.99. The molecule has 90 valence electrons. The van der Waals surface area contributed by atoms with E-state index in [1.54, 1.807) is 0 Å². The van der Waals surface area contributed by atoms with Crippen molar-refractivity contribution in [3.63, 3.8) is 0 Å². The van der Waals surface area contributed by atoms with E-state index < -0.39 is 5.91 Å². The molecule has 2 heterocycles. The molecule has 6 heteroatoms. The number of benzene rings is 1. The van der Waals surface area contributed by atoms with Gasteiger partial charge in [0.15, 0.2) is 11.5 Å². The summed E-state index contributed by atoms with van der Waals surface area (Å²) >= 11 is 0. The van der Waals surface area contributed by atoms with Gasteiger partial charge in [0.25, 0.3) is 11.8 Å². The van der Waals surface area contributed by atoms with E-state index in [9.17, 15) is 4.79 Å². The predicted octanol–water partition coefficient (Wildman–Crippen LogP) is 0.971. The molecule has 0 spiro atoms. The third-order valence-corrected chi connectivity index (χ3v) is 2.50. The first-order valence-electron chi connectivity index (χ1n) is 5.28. The normalized spacial score (nSPS) is 12.4. The molecule has 1 aromatic carbocycles. The summed E-state index contributed by atoms with van der Waals surface area (Å²) in [5, 5.41) is 0. The lowest BCUT2D eigenvalue weighted by Gasteiger charge is -2.04. The van der Waals surface area contributed by atoms with Gasteiger partial charge in [0, 0.05) is 5.56 Å². The van der Waals surface area contributed by atoms with Crippen molar-refractivity contribution in [3.8, 4) is 23.0 Å². The fraction of sp³-hybridized carbons (Fsp3) is 0.0833. The molecule has 0 saturated carbocycles. The van der Waals surface area contributed by atoms with E-state index in [-0.39, 0.29) is 24.1 Å². The Kier molecular flexibility index (Phi) is 2.33. The van der Waals surface area contributed by atoms with Gasteiger partial charge in [-0.15, -0.1) is 0 Å². The molecule has 2 N–H and O–H groups in total. The lowest BCUT2D eigenvalue weighted by atomic mass is 10.2. The van der Waals surface area contributed by atoms with E-state index in [0.29, 0.717) is 5.82 Å². The topological polar surface area (TPSA) is 87.3 Å². The van der Waals surface area contributed by atoms with Gasteiger partial charge in [0.05, 0.1) is 0 Å². The first kappa shape index (κ1) is 10.5. The highest BCUT2D eigenvalue weighted by atomic mass is 16.7. The maximum Gasteiger partial charge on any atom is 0.271 e. The van der Waals surface area contributed by atoms with Gasteiger partial charge in [0.1, 0.15) is 0 Å². The van der Waals surface area contributed by atoms with E-state index in [2.05, 4.69) is 9.97 Å². The highest BCUT2D eigenvalue weighted by Gasteiger charge is 2.25. The molecule has 0 bridgehead atoms. The number of nitrogens with zero attached hydrogens (tertiary/aromatic N) is 2. The molecule has 6 nitrogen and oxygen atoms in total. The summed E-state index contributed by atoms with van der Waals surface area (Å²) in [4.78, 5) is 19.7. The first-order chi connectivity index (χ1) is 8.75. The van der Waals surface area contributed by atoms with E-state index >= 15 is 0 Å². The Hall–Kier alpha value is -2.63. The Morgan fingerprint density at radius 3 is 2.67 bits per heavy atom. The molecule has 18 heavy (non-hydrogen) atoms. The number of fused-ring (bicyclic) bond motifs is 1. The lowest BCUT2D eigenvalue weighted by Crippen LogP contribution is -2.15. The van der Waals surface area contributed by atoms with Gasteiger partial charge in [-0.25, -0.2) is 4.98 Å². The van der Waals surface area contributed by atoms with Crippen LogP contribution in [-0.4, -0.2) is 22.7 Å². The van der Waals surface area contributed by atoms with Crippen molar-refractivity contribution in [2.75, 3.05) is 6.79 Å². The van der Waals surface area contributed by atoms with E-state index in [1.807, 2.05) is 30.3 Å². The first-order valence-corrected chi connectivity index (χ1v) is 5.28. The highest BCUT2D eigenvalue weighted by molar-refractivity contribution is 5.94. The number of nitrogens with two attached hydrogens (primary N) is 1. The molecule has 0 atom stereocenters. The average molecular weight is 243 g/mol. The standard InChI is InChI=1S/C12H9N3O3/c13-10(16)8-9-12(18-6-17-9)15-11(14-8)7-4-2-1-3-5-7/h1-5H,6H2,(H2,13,16). The van der Waals surface area contributed by atoms with Crippen LogP contribution >= 0.6 is 0 Å². The minimum atomic E-state index is -0.670. The van der Waals surface area contributed by atoms with Crippen LogP contribution in [-0.2, 0) is 0 Å². The largest absolute Gasteiger partial charge is 0.449 e. The van der Waals surface area contributed by atoms with Gasteiger partial charge in [-0.2, -0.15) is 4.98 Å². The van der Waals surface area contributed by atoms with Crippen LogP contribution in [0.3, 0.4) is 0 Å². The molecule has 1 aliphatic heterocycles. The Morgan fingerprint density at radius 1 is 1.17 bits per heavy atom. The molecule has 2 aromatic rings. The minimum absolute atomic E-state index is 0.0164. The van der Waals surface area contributed by atoms with Crippen molar-refractivity contribution in [1.29, 1.82) is 0 Å². The number of rotatable bonds is 2. The van der Waals surface area contributed by atoms with Gasteiger partial charge in [-0.3, -0.25) is 4.79 Å². The molecular weight excluding hydrogens is 234 g/mol. The van der Waals surface area contributed by atoms with Gasteiger partial charge < -0.3 is 15.2 Å². The summed E-state index contributed by atoms with van der Waals surface area (Å²) in [6.45, 7) is 0.0164. The molecule has 0 unspecified atom stereocenters. The zero-order chi connectivity index (χ0) is 12.5. The summed E-state index contributed by atoms with van der Waals surface area (Å²) in [5.41, 5.74) is 6.08. The van der Waals surface area contributed by atoms with Crippen molar-refractivity contribution < 1.29 is 14.3 Å². The SMILES string of the molecule is NC(=O)c1nc(-c2ccccc2)nc2c1OCO2. The molecule has 0 saturated heterocycles. The lowest BCUT2D eigenvalue weighted by molar-refractivity contribution is 0.0990. The molecule has 0 aliphatic carbocycles. The van der Waals surface area contributed by atoms with Crippen LogP contribution in [0.5, 0.6) is 11.6 Å².